The highest BCUT2D eigenvalue weighted by molar-refractivity contribution is 7.10. The van der Waals surface area contributed by atoms with E-state index in [0.717, 1.165) is 23.3 Å². The van der Waals surface area contributed by atoms with Crippen LogP contribution < -0.4 is 16.6 Å². The summed E-state index contributed by atoms with van der Waals surface area (Å²) in [5.41, 5.74) is 1.89. The molecule has 0 saturated heterocycles. The Labute approximate surface area is 189 Å². The van der Waals surface area contributed by atoms with Gasteiger partial charge in [-0.2, -0.15) is 0 Å². The summed E-state index contributed by atoms with van der Waals surface area (Å²) in [5, 5.41) is 5.54. The number of aromatic amines is 1. The SMILES string of the molecule is CCCc1ccc(C(NC(=O)CCn2c(=O)[nH]c(=O)c3ccccc32)c2cccs2)cc1. The number of H-pyrrole nitrogens is 1. The number of thiophene rings is 1. The summed E-state index contributed by atoms with van der Waals surface area (Å²) >= 11 is 1.59. The molecule has 0 spiro atoms. The summed E-state index contributed by atoms with van der Waals surface area (Å²) in [5.74, 6) is -0.164. The van der Waals surface area contributed by atoms with Gasteiger partial charge in [0.2, 0.25) is 5.91 Å². The summed E-state index contributed by atoms with van der Waals surface area (Å²) < 4.78 is 1.44. The van der Waals surface area contributed by atoms with Crippen LogP contribution in [0.2, 0.25) is 0 Å². The highest BCUT2D eigenvalue weighted by Gasteiger charge is 2.18. The van der Waals surface area contributed by atoms with E-state index in [1.165, 1.54) is 10.1 Å². The minimum Gasteiger partial charge on any atom is -0.344 e. The first-order valence-corrected chi connectivity index (χ1v) is 11.6. The van der Waals surface area contributed by atoms with Crippen LogP contribution in [0.5, 0.6) is 0 Å². The Bertz CT molecular complexity index is 1320. The number of nitrogens with one attached hydrogen (secondary N) is 2. The average molecular weight is 448 g/mol. The molecule has 6 nitrogen and oxygen atoms in total. The Morgan fingerprint density at radius 3 is 2.56 bits per heavy atom. The van der Waals surface area contributed by atoms with Crippen molar-refractivity contribution in [3.63, 3.8) is 0 Å². The second kappa shape index (κ2) is 9.78. The minimum absolute atomic E-state index is 0.117. The number of aromatic nitrogens is 2. The van der Waals surface area contributed by atoms with E-state index in [1.807, 2.05) is 17.5 Å². The highest BCUT2D eigenvalue weighted by atomic mass is 32.1. The Morgan fingerprint density at radius 1 is 1.06 bits per heavy atom. The fourth-order valence-electron chi connectivity index (χ4n) is 3.85. The van der Waals surface area contributed by atoms with Crippen molar-refractivity contribution in [3.8, 4) is 0 Å². The van der Waals surface area contributed by atoms with E-state index in [2.05, 4.69) is 41.5 Å². The van der Waals surface area contributed by atoms with Crippen molar-refractivity contribution in [3.05, 3.63) is 103 Å². The first-order valence-electron chi connectivity index (χ1n) is 10.7. The van der Waals surface area contributed by atoms with Gasteiger partial charge >= 0.3 is 5.69 Å². The van der Waals surface area contributed by atoms with E-state index in [0.29, 0.717) is 10.9 Å². The third-order valence-corrected chi connectivity index (χ3v) is 6.39. The van der Waals surface area contributed by atoms with Crippen molar-refractivity contribution in [2.75, 3.05) is 0 Å². The van der Waals surface area contributed by atoms with Gasteiger partial charge in [-0.1, -0.05) is 55.8 Å². The molecule has 1 amide bonds. The van der Waals surface area contributed by atoms with Crippen LogP contribution in [-0.2, 0) is 17.8 Å². The van der Waals surface area contributed by atoms with Crippen molar-refractivity contribution >= 4 is 28.1 Å². The molecule has 0 saturated carbocycles. The summed E-state index contributed by atoms with van der Waals surface area (Å²) in [6, 6.07) is 19.0. The number of benzene rings is 2. The van der Waals surface area contributed by atoms with Gasteiger partial charge in [-0.25, -0.2) is 4.79 Å². The molecule has 0 aliphatic carbocycles. The third kappa shape index (κ3) is 4.73. The van der Waals surface area contributed by atoms with Crippen molar-refractivity contribution in [1.29, 1.82) is 0 Å². The molecular weight excluding hydrogens is 422 g/mol. The van der Waals surface area contributed by atoms with Gasteiger partial charge in [0.05, 0.1) is 16.9 Å². The van der Waals surface area contributed by atoms with Crippen molar-refractivity contribution in [1.82, 2.24) is 14.9 Å². The number of aryl methyl sites for hydroxylation is 2. The maximum atomic E-state index is 12.9. The van der Waals surface area contributed by atoms with E-state index in [4.69, 9.17) is 0 Å². The summed E-state index contributed by atoms with van der Waals surface area (Å²) in [4.78, 5) is 40.7. The number of nitrogens with zero attached hydrogens (tertiary/aromatic N) is 1. The Morgan fingerprint density at radius 2 is 1.84 bits per heavy atom. The fraction of sp³-hybridized carbons (Fsp3) is 0.240. The molecule has 2 N–H and O–H groups in total. The predicted molar refractivity (Wildman–Crippen MR) is 128 cm³/mol. The molecule has 0 fully saturated rings. The molecule has 32 heavy (non-hydrogen) atoms. The molecule has 1 unspecified atom stereocenters. The lowest BCUT2D eigenvalue weighted by Crippen LogP contribution is -2.33. The molecule has 0 aliphatic heterocycles. The molecule has 1 atom stereocenters. The van der Waals surface area contributed by atoms with Gasteiger partial charge in [0, 0.05) is 17.8 Å². The van der Waals surface area contributed by atoms with Crippen LogP contribution in [0.1, 0.15) is 41.8 Å². The van der Waals surface area contributed by atoms with Crippen LogP contribution in [0.4, 0.5) is 0 Å². The summed E-state index contributed by atoms with van der Waals surface area (Å²) in [7, 11) is 0. The number of amides is 1. The van der Waals surface area contributed by atoms with Gasteiger partial charge in [0.25, 0.3) is 5.56 Å². The molecule has 2 heterocycles. The smallest absolute Gasteiger partial charge is 0.328 e. The molecule has 0 radical (unpaired) electrons. The molecule has 2 aromatic carbocycles. The van der Waals surface area contributed by atoms with E-state index in [9.17, 15) is 14.4 Å². The number of rotatable bonds is 8. The second-order valence-electron chi connectivity index (χ2n) is 7.69. The first-order chi connectivity index (χ1) is 15.6. The number of fused-ring (bicyclic) bond motifs is 1. The summed E-state index contributed by atoms with van der Waals surface area (Å²) in [6.45, 7) is 2.33. The minimum atomic E-state index is -0.511. The molecular formula is C25H25N3O3S. The zero-order valence-corrected chi connectivity index (χ0v) is 18.7. The van der Waals surface area contributed by atoms with Gasteiger partial charge in [-0.3, -0.25) is 19.1 Å². The quantitative estimate of drug-likeness (QED) is 0.428. The largest absolute Gasteiger partial charge is 0.344 e. The molecule has 0 aliphatic rings. The van der Waals surface area contributed by atoms with Crippen LogP contribution in [-0.4, -0.2) is 15.5 Å². The number of hydrogen-bond donors (Lipinski definition) is 2. The molecule has 4 aromatic rings. The first kappa shape index (κ1) is 21.8. The van der Waals surface area contributed by atoms with E-state index in [-0.39, 0.29) is 24.9 Å². The topological polar surface area (TPSA) is 84.0 Å². The maximum Gasteiger partial charge on any atom is 0.328 e. The van der Waals surface area contributed by atoms with Gasteiger partial charge in [0.15, 0.2) is 0 Å². The van der Waals surface area contributed by atoms with Crippen molar-refractivity contribution in [2.45, 2.75) is 38.8 Å². The summed E-state index contributed by atoms with van der Waals surface area (Å²) in [6.07, 6.45) is 2.23. The Kier molecular flexibility index (Phi) is 6.66. The Hall–Kier alpha value is -3.45. The average Bonchev–Trinajstić information content (AvgIpc) is 3.33. The molecule has 4 rings (SSSR count). The third-order valence-electron chi connectivity index (χ3n) is 5.45. The van der Waals surface area contributed by atoms with E-state index < -0.39 is 11.2 Å². The van der Waals surface area contributed by atoms with Crippen LogP contribution >= 0.6 is 11.3 Å². The van der Waals surface area contributed by atoms with Gasteiger partial charge in [-0.15, -0.1) is 11.3 Å². The van der Waals surface area contributed by atoms with Gasteiger partial charge in [-0.05, 0) is 41.1 Å². The lowest BCUT2D eigenvalue weighted by Gasteiger charge is -2.19. The number of carbonyl (C=O) groups excluding carboxylic acids is 1. The lowest BCUT2D eigenvalue weighted by atomic mass is 10.0. The molecule has 164 valence electrons. The predicted octanol–water partition coefficient (Wildman–Crippen LogP) is 4.00. The zero-order valence-electron chi connectivity index (χ0n) is 17.8. The highest BCUT2D eigenvalue weighted by Crippen LogP contribution is 2.26. The van der Waals surface area contributed by atoms with Crippen LogP contribution in [0, 0.1) is 0 Å². The second-order valence-corrected chi connectivity index (χ2v) is 8.66. The van der Waals surface area contributed by atoms with Gasteiger partial charge < -0.3 is 5.32 Å². The standard InChI is InChI=1S/C25H25N3O3S/c1-2-6-17-10-12-18(13-11-17)23(21-9-5-16-32-21)26-22(29)14-15-28-20-8-4-3-7-19(20)24(30)27-25(28)31/h3-5,7-13,16,23H,2,6,14-15H2,1H3,(H,26,29)(H,27,30,31). The van der Waals surface area contributed by atoms with E-state index in [1.54, 1.807) is 35.6 Å². The number of carbonyl (C=O) groups is 1. The Balaban J connectivity index is 1.53. The molecule has 7 heteroatoms. The van der Waals surface area contributed by atoms with Crippen molar-refractivity contribution in [2.24, 2.45) is 0 Å². The number of para-hydroxylation sites is 1. The monoisotopic (exact) mass is 447 g/mol. The number of hydrogen-bond acceptors (Lipinski definition) is 4. The fourth-order valence-corrected chi connectivity index (χ4v) is 4.65. The zero-order chi connectivity index (χ0) is 22.5. The lowest BCUT2D eigenvalue weighted by molar-refractivity contribution is -0.121. The van der Waals surface area contributed by atoms with Gasteiger partial charge in [0.1, 0.15) is 0 Å². The normalized spacial score (nSPS) is 12.0. The molecule has 2 aromatic heterocycles. The van der Waals surface area contributed by atoms with Crippen LogP contribution in [0.25, 0.3) is 10.9 Å². The van der Waals surface area contributed by atoms with Crippen LogP contribution in [0.15, 0.2) is 75.6 Å². The van der Waals surface area contributed by atoms with Crippen LogP contribution in [0.3, 0.4) is 0 Å². The van der Waals surface area contributed by atoms with E-state index >= 15 is 0 Å². The molecule has 0 bridgehead atoms. The van der Waals surface area contributed by atoms with Crippen molar-refractivity contribution < 1.29 is 4.79 Å². The maximum absolute atomic E-state index is 12.9.